The van der Waals surface area contributed by atoms with E-state index in [0.717, 1.165) is 16.9 Å². The number of nitrogens with zero attached hydrogens (tertiary/aromatic N) is 3. The summed E-state index contributed by atoms with van der Waals surface area (Å²) >= 11 is 1.33. The standard InChI is InChI=1S/C18H13N3O2S/c1-23-14-9-5-6-12(10-14)11-15-17(22)21-18(24-15)19-16(20-21)13-7-3-2-4-8-13/h2-11H,1H3/b15-11+. The largest absolute Gasteiger partial charge is 0.497 e. The van der Waals surface area contributed by atoms with Gasteiger partial charge in [0.05, 0.1) is 11.6 Å². The van der Waals surface area contributed by atoms with Crippen LogP contribution in [0.1, 0.15) is 5.56 Å². The van der Waals surface area contributed by atoms with Gasteiger partial charge in [0.15, 0.2) is 5.82 Å². The number of thiazole rings is 1. The van der Waals surface area contributed by atoms with E-state index < -0.39 is 0 Å². The highest BCUT2D eigenvalue weighted by molar-refractivity contribution is 7.15. The van der Waals surface area contributed by atoms with Crippen LogP contribution in [0.4, 0.5) is 0 Å². The Bertz CT molecular complexity index is 1120. The number of ether oxygens (including phenoxy) is 1. The van der Waals surface area contributed by atoms with E-state index in [0.29, 0.717) is 15.3 Å². The zero-order valence-corrected chi connectivity index (χ0v) is 13.7. The number of hydrogen-bond donors (Lipinski definition) is 0. The van der Waals surface area contributed by atoms with Gasteiger partial charge in [-0.1, -0.05) is 53.8 Å². The molecule has 2 aromatic carbocycles. The zero-order chi connectivity index (χ0) is 16.5. The van der Waals surface area contributed by atoms with E-state index in [1.807, 2.05) is 60.7 Å². The van der Waals surface area contributed by atoms with Crippen LogP contribution in [0.5, 0.6) is 5.75 Å². The number of fused-ring (bicyclic) bond motifs is 1. The Morgan fingerprint density at radius 2 is 1.96 bits per heavy atom. The normalized spacial score (nSPS) is 12.0. The van der Waals surface area contributed by atoms with Crippen molar-refractivity contribution >= 4 is 22.4 Å². The topological polar surface area (TPSA) is 56.5 Å². The van der Waals surface area contributed by atoms with Crippen molar-refractivity contribution in [3.8, 4) is 17.1 Å². The monoisotopic (exact) mass is 335 g/mol. The molecule has 0 aliphatic heterocycles. The Labute approximate surface area is 141 Å². The Kier molecular flexibility index (Phi) is 3.59. The quantitative estimate of drug-likeness (QED) is 0.577. The van der Waals surface area contributed by atoms with Gasteiger partial charge in [-0.05, 0) is 23.8 Å². The van der Waals surface area contributed by atoms with Crippen LogP contribution >= 0.6 is 11.3 Å². The molecule has 0 spiro atoms. The van der Waals surface area contributed by atoms with Crippen LogP contribution in [-0.2, 0) is 0 Å². The molecule has 6 heteroatoms. The molecule has 5 nitrogen and oxygen atoms in total. The Hall–Kier alpha value is -2.99. The van der Waals surface area contributed by atoms with Gasteiger partial charge in [-0.25, -0.2) is 0 Å². The summed E-state index contributed by atoms with van der Waals surface area (Å²) < 4.78 is 7.16. The van der Waals surface area contributed by atoms with E-state index in [2.05, 4.69) is 10.1 Å². The zero-order valence-electron chi connectivity index (χ0n) is 12.8. The van der Waals surface area contributed by atoms with Crippen LogP contribution in [0.3, 0.4) is 0 Å². The molecule has 2 heterocycles. The average molecular weight is 335 g/mol. The van der Waals surface area contributed by atoms with Gasteiger partial charge in [0.1, 0.15) is 5.75 Å². The van der Waals surface area contributed by atoms with Crippen molar-refractivity contribution in [3.63, 3.8) is 0 Å². The van der Waals surface area contributed by atoms with Gasteiger partial charge in [0.2, 0.25) is 4.96 Å². The van der Waals surface area contributed by atoms with Crippen molar-refractivity contribution in [1.82, 2.24) is 14.6 Å². The third kappa shape index (κ3) is 2.57. The average Bonchev–Trinajstić information content (AvgIpc) is 3.16. The molecule has 4 aromatic rings. The van der Waals surface area contributed by atoms with Crippen molar-refractivity contribution < 1.29 is 4.74 Å². The number of methoxy groups -OCH3 is 1. The number of benzene rings is 2. The Morgan fingerprint density at radius 3 is 2.71 bits per heavy atom. The summed E-state index contributed by atoms with van der Waals surface area (Å²) in [5.41, 5.74) is 1.64. The molecule has 0 aliphatic rings. The minimum atomic E-state index is -0.160. The van der Waals surface area contributed by atoms with E-state index in [-0.39, 0.29) is 5.56 Å². The molecular weight excluding hydrogens is 322 g/mol. The molecular formula is C18H13N3O2S. The molecule has 0 bridgehead atoms. The fourth-order valence-corrected chi connectivity index (χ4v) is 3.33. The molecule has 0 saturated heterocycles. The first-order valence-electron chi connectivity index (χ1n) is 7.35. The van der Waals surface area contributed by atoms with Crippen molar-refractivity contribution in [2.24, 2.45) is 0 Å². The van der Waals surface area contributed by atoms with Gasteiger partial charge >= 0.3 is 0 Å². The lowest BCUT2D eigenvalue weighted by atomic mass is 10.2. The third-order valence-electron chi connectivity index (χ3n) is 3.61. The highest BCUT2D eigenvalue weighted by atomic mass is 32.1. The third-order valence-corrected chi connectivity index (χ3v) is 4.56. The van der Waals surface area contributed by atoms with Crippen LogP contribution in [0.25, 0.3) is 22.4 Å². The SMILES string of the molecule is COc1cccc(/C=c2/sc3nc(-c4ccccc4)nn3c2=O)c1. The molecule has 0 saturated carbocycles. The molecule has 4 rings (SSSR count). The first-order chi connectivity index (χ1) is 11.7. The van der Waals surface area contributed by atoms with E-state index in [4.69, 9.17) is 4.74 Å². The second-order valence-corrected chi connectivity index (χ2v) is 6.20. The summed E-state index contributed by atoms with van der Waals surface area (Å²) in [6.07, 6.45) is 1.83. The van der Waals surface area contributed by atoms with E-state index in [1.54, 1.807) is 7.11 Å². The molecule has 24 heavy (non-hydrogen) atoms. The summed E-state index contributed by atoms with van der Waals surface area (Å²) in [5.74, 6) is 1.31. The lowest BCUT2D eigenvalue weighted by Gasteiger charge is -1.99. The van der Waals surface area contributed by atoms with Crippen LogP contribution < -0.4 is 14.8 Å². The molecule has 2 aromatic heterocycles. The van der Waals surface area contributed by atoms with E-state index in [9.17, 15) is 4.79 Å². The van der Waals surface area contributed by atoms with Crippen LogP contribution in [0.15, 0.2) is 59.4 Å². The van der Waals surface area contributed by atoms with Crippen molar-refractivity contribution in [3.05, 3.63) is 75.0 Å². The predicted octanol–water partition coefficient (Wildman–Crippen LogP) is 2.37. The fraction of sp³-hybridized carbons (Fsp3) is 0.0556. The smallest absolute Gasteiger partial charge is 0.291 e. The maximum atomic E-state index is 12.5. The summed E-state index contributed by atoms with van der Waals surface area (Å²) in [4.78, 5) is 17.6. The molecule has 0 aliphatic carbocycles. The summed E-state index contributed by atoms with van der Waals surface area (Å²) in [5, 5.41) is 4.34. The summed E-state index contributed by atoms with van der Waals surface area (Å²) in [7, 11) is 1.62. The van der Waals surface area contributed by atoms with Crippen molar-refractivity contribution in [2.75, 3.05) is 7.11 Å². The van der Waals surface area contributed by atoms with Gasteiger partial charge in [-0.15, -0.1) is 5.10 Å². The van der Waals surface area contributed by atoms with Gasteiger partial charge < -0.3 is 4.74 Å². The second kappa shape index (κ2) is 5.90. The highest BCUT2D eigenvalue weighted by Crippen LogP contribution is 2.16. The molecule has 0 radical (unpaired) electrons. The molecule has 0 atom stereocenters. The summed E-state index contributed by atoms with van der Waals surface area (Å²) in [6, 6.07) is 17.2. The van der Waals surface area contributed by atoms with E-state index >= 15 is 0 Å². The molecule has 118 valence electrons. The number of hydrogen-bond acceptors (Lipinski definition) is 5. The summed E-state index contributed by atoms with van der Waals surface area (Å²) in [6.45, 7) is 0. The lowest BCUT2D eigenvalue weighted by molar-refractivity contribution is 0.414. The second-order valence-electron chi connectivity index (χ2n) is 5.19. The number of aromatic nitrogens is 3. The minimum Gasteiger partial charge on any atom is -0.497 e. The van der Waals surface area contributed by atoms with E-state index in [1.165, 1.54) is 15.9 Å². The lowest BCUT2D eigenvalue weighted by Crippen LogP contribution is -2.23. The fourth-order valence-electron chi connectivity index (χ4n) is 2.43. The van der Waals surface area contributed by atoms with Gasteiger partial charge in [-0.3, -0.25) is 4.79 Å². The van der Waals surface area contributed by atoms with Gasteiger partial charge in [0.25, 0.3) is 5.56 Å². The minimum absolute atomic E-state index is 0.160. The van der Waals surface area contributed by atoms with Gasteiger partial charge in [0, 0.05) is 5.56 Å². The predicted molar refractivity (Wildman–Crippen MR) is 94.3 cm³/mol. The van der Waals surface area contributed by atoms with Crippen molar-refractivity contribution in [1.29, 1.82) is 0 Å². The van der Waals surface area contributed by atoms with Crippen LogP contribution in [0.2, 0.25) is 0 Å². The van der Waals surface area contributed by atoms with Crippen molar-refractivity contribution in [2.45, 2.75) is 0 Å². The highest BCUT2D eigenvalue weighted by Gasteiger charge is 2.11. The van der Waals surface area contributed by atoms with Crippen LogP contribution in [0, 0.1) is 0 Å². The van der Waals surface area contributed by atoms with Gasteiger partial charge in [-0.2, -0.15) is 9.50 Å². The maximum absolute atomic E-state index is 12.5. The molecule has 0 N–H and O–H groups in total. The molecule has 0 fully saturated rings. The molecule has 0 unspecified atom stereocenters. The maximum Gasteiger partial charge on any atom is 0.291 e. The Balaban J connectivity index is 1.81. The number of rotatable bonds is 3. The first kappa shape index (κ1) is 14.6. The first-order valence-corrected chi connectivity index (χ1v) is 8.17. The van der Waals surface area contributed by atoms with Crippen LogP contribution in [-0.4, -0.2) is 21.7 Å². The molecule has 0 amide bonds. The Morgan fingerprint density at radius 1 is 1.12 bits per heavy atom.